The Bertz CT molecular complexity index is 1790. The van der Waals surface area contributed by atoms with Gasteiger partial charge in [-0.05, 0) is 225 Å². The molecule has 4 aliphatic heterocycles. The zero-order valence-electron chi connectivity index (χ0n) is 69.7. The Kier molecular flexibility index (Phi) is 59.2. The molecule has 0 aromatic heterocycles. The van der Waals surface area contributed by atoms with E-state index in [-0.39, 0.29) is 59.4 Å². The Labute approximate surface area is 608 Å². The van der Waals surface area contributed by atoms with Gasteiger partial charge in [0.1, 0.15) is 11.4 Å². The standard InChI is InChI=1S/C9H19NO.C9H17NO.C9H19N.C8H19NO2.C8H17NO.C8H19N.C7H17NO.C7H16O2S.C6H14OS.C4H9NO3/c2*1-9(2,3)10-6-4-8(11)5-7-10;1-9(2,3)10-7-5-4-6-8-10;1-8(2,3)9(4-6-10)5-7-11;1-8(2,3)9-4-6-10-7-5-9;1-6-9(7-2)8(3,4)5;1-7(2,3)8(4)5-6-9;1-7(2,3)10-5-6(9)4-8;1-6(2,3)8-5-4-7;1-4(2,3)8-5(6)7/h8,11H,4-7H2,1-3H3;4-7H2,1-3H3;4-8H2,1-3H3;10-11H,4-7H2,1-3H3;4-7H2,1-3H3;6-7H2,1-5H3;9H,5-6H2,1-4H3;6,8-9H,4-5H2,1-3H3;7H,4-5H2,1-3H3;1-3H3. The highest BCUT2D eigenvalue weighted by Gasteiger charge is 2.28. The van der Waals surface area contributed by atoms with Crippen LogP contribution in [0.2, 0.25) is 0 Å². The van der Waals surface area contributed by atoms with Crippen molar-refractivity contribution in [1.29, 1.82) is 0 Å². The van der Waals surface area contributed by atoms with E-state index in [9.17, 15) is 20.0 Å². The summed E-state index contributed by atoms with van der Waals surface area (Å²) in [6.07, 6.45) is 7.00. The highest BCUT2D eigenvalue weighted by molar-refractivity contribution is 8.00. The third-order valence-corrected chi connectivity index (χ3v) is 18.5. The van der Waals surface area contributed by atoms with Crippen LogP contribution in [0.1, 0.15) is 267 Å². The van der Waals surface area contributed by atoms with Gasteiger partial charge in [0.25, 0.3) is 5.09 Å². The molecule has 0 amide bonds. The van der Waals surface area contributed by atoms with Crippen molar-refractivity contribution in [2.75, 3.05) is 150 Å². The molecule has 590 valence electrons. The Morgan fingerprint density at radius 2 is 0.866 bits per heavy atom. The van der Waals surface area contributed by atoms with Gasteiger partial charge in [0.15, 0.2) is 0 Å². The van der Waals surface area contributed by atoms with E-state index in [4.69, 9.17) is 35.4 Å². The van der Waals surface area contributed by atoms with Crippen LogP contribution >= 0.6 is 23.5 Å². The normalized spacial score (nSPS) is 17.2. The number of nitrogens with zero attached hydrogens (tertiary/aromatic N) is 8. The maximum absolute atomic E-state index is 10.9. The second-order valence-corrected chi connectivity index (χ2v) is 39.0. The molecular weight excluding hydrogens is 1270 g/mol. The molecule has 22 heteroatoms. The van der Waals surface area contributed by atoms with Gasteiger partial charge < -0.3 is 45.3 Å². The number of morpholine rings is 1. The fraction of sp³-hybridized carbons (Fsp3) is 0.987. The van der Waals surface area contributed by atoms with Crippen LogP contribution in [0.15, 0.2) is 0 Å². The number of carbonyl (C=O) groups is 1. The average Bonchev–Trinajstić information content (AvgIpc) is 0.975. The molecule has 0 bridgehead atoms. The molecule has 4 fully saturated rings. The topological polar surface area (TPSA) is 243 Å². The molecule has 0 spiro atoms. The fourth-order valence-corrected chi connectivity index (χ4v) is 10.9. The highest BCUT2D eigenvalue weighted by atomic mass is 32.2. The van der Waals surface area contributed by atoms with E-state index in [1.165, 1.54) is 32.4 Å². The molecule has 1 unspecified atom stereocenters. The van der Waals surface area contributed by atoms with E-state index >= 15 is 0 Å². The third-order valence-electron chi connectivity index (χ3n) is 15.8. The van der Waals surface area contributed by atoms with Gasteiger partial charge >= 0.3 is 0 Å². The maximum Gasteiger partial charge on any atom is 0.295 e. The number of thioether (sulfide) groups is 2. The number of ketones is 1. The van der Waals surface area contributed by atoms with Crippen molar-refractivity contribution in [1.82, 2.24) is 34.3 Å². The molecule has 0 saturated carbocycles. The SMILES string of the molecule is CC(C)(C)N(CCO)CCO.CC(C)(C)N1CCC(=O)CC1.CC(C)(C)N1CCC(O)CC1.CC(C)(C)N1CCCCC1.CC(C)(C)N1CCOCC1.CC(C)(C)O[N+](=O)[O-].CC(C)(C)SCC(O)CO.CC(C)(C)SCCO.CCN(CC)C(C)(C)C.CN(CCO)C(C)(C)C. The first kappa shape index (κ1) is 107. The average molecular weight is 1440 g/mol. The van der Waals surface area contributed by atoms with Crippen molar-refractivity contribution in [3.05, 3.63) is 10.1 Å². The van der Waals surface area contributed by atoms with Crippen molar-refractivity contribution >= 4 is 29.3 Å². The number of rotatable bonds is 14. The predicted octanol–water partition coefficient (Wildman–Crippen LogP) is 12.4. The lowest BCUT2D eigenvalue weighted by molar-refractivity contribution is -0.778. The minimum absolute atomic E-state index is 0.0332. The summed E-state index contributed by atoms with van der Waals surface area (Å²) >= 11 is 3.44. The largest absolute Gasteiger partial charge is 0.396 e. The molecule has 97 heavy (non-hydrogen) atoms. The van der Waals surface area contributed by atoms with Crippen molar-refractivity contribution in [3.8, 4) is 0 Å². The summed E-state index contributed by atoms with van der Waals surface area (Å²) in [6, 6.07) is 0. The van der Waals surface area contributed by atoms with Gasteiger partial charge in [-0.15, -0.1) is 10.1 Å². The second-order valence-electron chi connectivity index (χ2n) is 35.2. The minimum atomic E-state index is -0.792. The number of likely N-dealkylation sites (tertiary alicyclic amines) is 3. The minimum Gasteiger partial charge on any atom is -0.396 e. The first-order valence-electron chi connectivity index (χ1n) is 36.5. The molecule has 0 aromatic rings. The van der Waals surface area contributed by atoms with Crippen LogP contribution in [0, 0.1) is 10.1 Å². The van der Waals surface area contributed by atoms with E-state index in [2.05, 4.69) is 235 Å². The van der Waals surface area contributed by atoms with Crippen molar-refractivity contribution < 1.29 is 55.2 Å². The lowest BCUT2D eigenvalue weighted by atomic mass is 10.00. The number of likely N-dealkylation sites (N-methyl/N-ethyl adjacent to an activating group) is 1. The van der Waals surface area contributed by atoms with E-state index in [1.54, 1.807) is 44.3 Å². The van der Waals surface area contributed by atoms with E-state index in [0.717, 1.165) is 104 Å². The number of hydrogen-bond acceptors (Lipinski definition) is 21. The van der Waals surface area contributed by atoms with Crippen LogP contribution < -0.4 is 0 Å². The number of piperidine rings is 3. The first-order chi connectivity index (χ1) is 43.7. The number of aliphatic hydroxyl groups is 7. The second kappa shape index (κ2) is 53.7. The molecule has 7 N–H and O–H groups in total. The predicted molar refractivity (Wildman–Crippen MR) is 420 cm³/mol. The third kappa shape index (κ3) is 70.4. The Balaban J connectivity index is -0.000000238. The molecule has 0 aliphatic carbocycles. The lowest BCUT2D eigenvalue weighted by Crippen LogP contribution is -2.47. The molecular formula is C75H166N8O12S2. The summed E-state index contributed by atoms with van der Waals surface area (Å²) < 4.78 is 5.74. The summed E-state index contributed by atoms with van der Waals surface area (Å²) in [6.45, 7) is 83.8. The van der Waals surface area contributed by atoms with Crippen LogP contribution in [0.3, 0.4) is 0 Å². The highest BCUT2D eigenvalue weighted by Crippen LogP contribution is 2.25. The van der Waals surface area contributed by atoms with E-state index in [1.807, 2.05) is 11.9 Å². The van der Waals surface area contributed by atoms with Crippen LogP contribution in [0.5, 0.6) is 0 Å². The van der Waals surface area contributed by atoms with Gasteiger partial charge in [-0.25, -0.2) is 0 Å². The van der Waals surface area contributed by atoms with Gasteiger partial charge in [0.2, 0.25) is 0 Å². The quantitative estimate of drug-likeness (QED) is 0.0631. The van der Waals surface area contributed by atoms with Crippen LogP contribution in [-0.4, -0.2) is 297 Å². The van der Waals surface area contributed by atoms with Crippen molar-refractivity contribution in [3.63, 3.8) is 0 Å². The van der Waals surface area contributed by atoms with Gasteiger partial charge in [0, 0.05) is 132 Å². The zero-order valence-corrected chi connectivity index (χ0v) is 71.4. The Morgan fingerprint density at radius 1 is 0.515 bits per heavy atom. The zero-order chi connectivity index (χ0) is 77.7. The van der Waals surface area contributed by atoms with E-state index in [0.29, 0.717) is 52.6 Å². The number of β-amino-alcohol motifs (C(OH)–C–C–N with tert-alkyl or cyclic N) is 3. The maximum atomic E-state index is 10.9. The van der Waals surface area contributed by atoms with Crippen LogP contribution in [-0.2, 0) is 14.4 Å². The summed E-state index contributed by atoms with van der Waals surface area (Å²) in [5.41, 5.74) is 1.13. The summed E-state index contributed by atoms with van der Waals surface area (Å²) in [7, 11) is 2.01. The molecule has 4 heterocycles. The summed E-state index contributed by atoms with van der Waals surface area (Å²) in [5, 5.41) is 69.9. The van der Waals surface area contributed by atoms with Gasteiger partial charge in [-0.3, -0.25) is 39.1 Å². The number of ether oxygens (including phenoxy) is 1. The van der Waals surface area contributed by atoms with Gasteiger partial charge in [-0.1, -0.05) is 61.8 Å². The van der Waals surface area contributed by atoms with E-state index < -0.39 is 16.8 Å². The number of carbonyl (C=O) groups excluding carboxylic acids is 1. The van der Waals surface area contributed by atoms with Gasteiger partial charge in [0.05, 0.1) is 58.5 Å². The molecule has 0 aromatic carbocycles. The molecule has 20 nitrogen and oxygen atoms in total. The number of aliphatic hydroxyl groups excluding tert-OH is 7. The van der Waals surface area contributed by atoms with Crippen molar-refractivity contribution in [2.24, 2.45) is 0 Å². The van der Waals surface area contributed by atoms with Crippen LogP contribution in [0.25, 0.3) is 0 Å². The van der Waals surface area contributed by atoms with Crippen LogP contribution in [0.4, 0.5) is 0 Å². The Morgan fingerprint density at radius 3 is 1.08 bits per heavy atom. The lowest BCUT2D eigenvalue weighted by Gasteiger charge is -2.39. The molecule has 4 aliphatic rings. The fourth-order valence-electron chi connectivity index (χ4n) is 9.42. The number of hydrogen-bond donors (Lipinski definition) is 7. The summed E-state index contributed by atoms with van der Waals surface area (Å²) in [4.78, 5) is 41.1. The number of Topliss-reactive ketones (excluding diaryl/α,β-unsaturated/α-hetero) is 1. The molecule has 1 atom stereocenters. The van der Waals surface area contributed by atoms with Crippen molar-refractivity contribution in [2.45, 2.75) is 333 Å². The smallest absolute Gasteiger partial charge is 0.295 e. The molecule has 4 rings (SSSR count). The molecule has 0 radical (unpaired) electrons. The first-order valence-corrected chi connectivity index (χ1v) is 38.5. The Hall–Kier alpha value is -1.03. The monoisotopic (exact) mass is 1440 g/mol. The molecule has 4 saturated heterocycles. The van der Waals surface area contributed by atoms with Gasteiger partial charge in [-0.2, -0.15) is 23.5 Å². The summed E-state index contributed by atoms with van der Waals surface area (Å²) in [5.74, 6) is 1.88.